The van der Waals surface area contributed by atoms with Crippen molar-refractivity contribution in [2.45, 2.75) is 44.1 Å². The molecule has 0 saturated carbocycles. The molecular weight excluding hydrogens is 362 g/mol. The second kappa shape index (κ2) is 10.3. The van der Waals surface area contributed by atoms with E-state index in [9.17, 15) is 14.7 Å². The Kier molecular flexibility index (Phi) is 7.53. The molecule has 8 heteroatoms. The number of pyridine rings is 1. The lowest BCUT2D eigenvalue weighted by Crippen LogP contribution is -2.50. The van der Waals surface area contributed by atoms with Crippen molar-refractivity contribution in [2.24, 2.45) is 5.92 Å². The first-order valence-electron chi connectivity index (χ1n) is 9.64. The highest BCUT2D eigenvalue weighted by molar-refractivity contribution is 5.79. The van der Waals surface area contributed by atoms with E-state index in [2.05, 4.69) is 15.6 Å². The zero-order valence-corrected chi connectivity index (χ0v) is 15.8. The van der Waals surface area contributed by atoms with Crippen LogP contribution in [0.1, 0.15) is 24.8 Å². The quantitative estimate of drug-likeness (QED) is 0.579. The smallest absolute Gasteiger partial charge is 0.223 e. The molecule has 0 radical (unpaired) electrons. The summed E-state index contributed by atoms with van der Waals surface area (Å²) in [6.45, 7) is 1.37. The Morgan fingerprint density at radius 1 is 1.18 bits per heavy atom. The Balaban J connectivity index is 1.48. The number of hydrogen-bond donors (Lipinski definition) is 3. The van der Waals surface area contributed by atoms with Crippen molar-refractivity contribution < 1.29 is 24.2 Å². The van der Waals surface area contributed by atoms with Gasteiger partial charge in [0.2, 0.25) is 11.8 Å². The number of nitrogens with one attached hydrogen (secondary N) is 2. The first kappa shape index (κ1) is 20.4. The first-order valence-corrected chi connectivity index (χ1v) is 9.64. The number of rotatable bonds is 7. The second-order valence-electron chi connectivity index (χ2n) is 7.04. The van der Waals surface area contributed by atoms with E-state index in [4.69, 9.17) is 9.47 Å². The van der Waals surface area contributed by atoms with Crippen LogP contribution in [0.4, 0.5) is 0 Å². The zero-order chi connectivity index (χ0) is 19.8. The van der Waals surface area contributed by atoms with Gasteiger partial charge in [-0.3, -0.25) is 14.6 Å². The SMILES string of the molecule is O=C(C[C@@H]1C=C[C@@H](NC(=O)C2CCOCC2)[C@H](CO)O1)NCc1ccncc1. The van der Waals surface area contributed by atoms with E-state index < -0.39 is 18.2 Å². The molecule has 28 heavy (non-hydrogen) atoms. The van der Waals surface area contributed by atoms with Crippen molar-refractivity contribution >= 4 is 11.8 Å². The largest absolute Gasteiger partial charge is 0.394 e. The van der Waals surface area contributed by atoms with Gasteiger partial charge in [-0.05, 0) is 30.5 Å². The van der Waals surface area contributed by atoms with E-state index >= 15 is 0 Å². The monoisotopic (exact) mass is 389 g/mol. The molecule has 152 valence electrons. The van der Waals surface area contributed by atoms with Crippen LogP contribution in [-0.4, -0.2) is 60.0 Å². The van der Waals surface area contributed by atoms with Crippen molar-refractivity contribution in [1.29, 1.82) is 0 Å². The first-order chi connectivity index (χ1) is 13.7. The molecule has 2 amide bonds. The van der Waals surface area contributed by atoms with E-state index in [0.29, 0.717) is 32.6 Å². The van der Waals surface area contributed by atoms with Gasteiger partial charge in [-0.25, -0.2) is 0 Å². The summed E-state index contributed by atoms with van der Waals surface area (Å²) in [4.78, 5) is 28.5. The van der Waals surface area contributed by atoms with Crippen LogP contribution in [0.2, 0.25) is 0 Å². The zero-order valence-electron chi connectivity index (χ0n) is 15.8. The lowest BCUT2D eigenvalue weighted by atomic mass is 9.97. The third-order valence-corrected chi connectivity index (χ3v) is 4.99. The average molecular weight is 389 g/mol. The minimum atomic E-state index is -0.577. The molecule has 3 N–H and O–H groups in total. The molecular formula is C20H27N3O5. The summed E-state index contributed by atoms with van der Waals surface area (Å²) in [5.41, 5.74) is 0.965. The maximum absolute atomic E-state index is 12.4. The number of carbonyl (C=O) groups is 2. The highest BCUT2D eigenvalue weighted by Crippen LogP contribution is 2.19. The summed E-state index contributed by atoms with van der Waals surface area (Å²) >= 11 is 0. The normalized spacial score (nSPS) is 25.2. The van der Waals surface area contributed by atoms with Crippen molar-refractivity contribution in [2.75, 3.05) is 19.8 Å². The summed E-state index contributed by atoms with van der Waals surface area (Å²) in [6.07, 6.45) is 7.47. The molecule has 1 saturated heterocycles. The van der Waals surface area contributed by atoms with Crippen LogP contribution in [0.15, 0.2) is 36.7 Å². The van der Waals surface area contributed by atoms with Crippen LogP contribution in [0.25, 0.3) is 0 Å². The number of aliphatic hydroxyl groups excluding tert-OH is 1. The van der Waals surface area contributed by atoms with E-state index in [1.54, 1.807) is 18.5 Å². The summed E-state index contributed by atoms with van der Waals surface area (Å²) in [5, 5.41) is 15.4. The molecule has 1 aromatic rings. The van der Waals surface area contributed by atoms with Gasteiger partial charge in [0.1, 0.15) is 6.10 Å². The number of hydrogen-bond acceptors (Lipinski definition) is 6. The molecule has 3 atom stereocenters. The number of aliphatic hydroxyl groups is 1. The molecule has 0 unspecified atom stereocenters. The van der Waals surface area contributed by atoms with Gasteiger partial charge in [-0.1, -0.05) is 12.2 Å². The Bertz CT molecular complexity index is 676. The molecule has 3 heterocycles. The molecule has 0 spiro atoms. The number of nitrogens with zero attached hydrogens (tertiary/aromatic N) is 1. The standard InChI is InChI=1S/C20H27N3O5/c24-13-18-17(23-20(26)15-5-9-27-10-6-15)2-1-16(28-18)11-19(25)22-12-14-3-7-21-8-4-14/h1-4,7-8,15-18,24H,5-6,9-13H2,(H,22,25)(H,23,26)/t16-,17+,18-/m0/s1. The van der Waals surface area contributed by atoms with Crippen molar-refractivity contribution in [3.63, 3.8) is 0 Å². The Morgan fingerprint density at radius 2 is 1.93 bits per heavy atom. The molecule has 3 rings (SSSR count). The van der Waals surface area contributed by atoms with Gasteiger partial charge in [0.05, 0.1) is 25.2 Å². The Morgan fingerprint density at radius 3 is 2.64 bits per heavy atom. The third kappa shape index (κ3) is 5.85. The Hall–Kier alpha value is -2.29. The Labute approximate surface area is 164 Å². The van der Waals surface area contributed by atoms with Crippen molar-refractivity contribution in [1.82, 2.24) is 15.6 Å². The fourth-order valence-corrected chi connectivity index (χ4v) is 3.33. The number of carbonyl (C=O) groups excluding carboxylic acids is 2. The van der Waals surface area contributed by atoms with Crippen LogP contribution in [-0.2, 0) is 25.6 Å². The van der Waals surface area contributed by atoms with Crippen LogP contribution >= 0.6 is 0 Å². The molecule has 8 nitrogen and oxygen atoms in total. The fraction of sp³-hybridized carbons (Fsp3) is 0.550. The van der Waals surface area contributed by atoms with Crippen LogP contribution in [0, 0.1) is 5.92 Å². The number of amides is 2. The second-order valence-corrected chi connectivity index (χ2v) is 7.04. The predicted molar refractivity (Wildman–Crippen MR) is 101 cm³/mol. The molecule has 0 bridgehead atoms. The van der Waals surface area contributed by atoms with E-state index in [1.807, 2.05) is 18.2 Å². The summed E-state index contributed by atoms with van der Waals surface area (Å²) in [7, 11) is 0. The lowest BCUT2D eigenvalue weighted by Gasteiger charge is -2.33. The topological polar surface area (TPSA) is 110 Å². The van der Waals surface area contributed by atoms with E-state index in [0.717, 1.165) is 5.56 Å². The molecule has 0 aromatic carbocycles. The van der Waals surface area contributed by atoms with Gasteiger partial charge in [-0.2, -0.15) is 0 Å². The highest BCUT2D eigenvalue weighted by Gasteiger charge is 2.31. The van der Waals surface area contributed by atoms with Crippen LogP contribution in [0.3, 0.4) is 0 Å². The van der Waals surface area contributed by atoms with Gasteiger partial charge in [0.15, 0.2) is 0 Å². The average Bonchev–Trinajstić information content (AvgIpc) is 2.74. The van der Waals surface area contributed by atoms with Crippen LogP contribution < -0.4 is 10.6 Å². The van der Waals surface area contributed by atoms with Gasteiger partial charge < -0.3 is 25.2 Å². The summed E-state index contributed by atoms with van der Waals surface area (Å²) < 4.78 is 11.1. The maximum atomic E-state index is 12.4. The van der Waals surface area contributed by atoms with Crippen LogP contribution in [0.5, 0.6) is 0 Å². The lowest BCUT2D eigenvalue weighted by molar-refractivity contribution is -0.132. The molecule has 2 aliphatic rings. The molecule has 1 aromatic heterocycles. The van der Waals surface area contributed by atoms with E-state index in [-0.39, 0.29) is 30.8 Å². The van der Waals surface area contributed by atoms with Crippen molar-refractivity contribution in [3.05, 3.63) is 42.2 Å². The number of aromatic nitrogens is 1. The third-order valence-electron chi connectivity index (χ3n) is 4.99. The number of ether oxygens (including phenoxy) is 2. The molecule has 1 fully saturated rings. The molecule has 2 aliphatic heterocycles. The predicted octanol–water partition coefficient (Wildman–Crippen LogP) is 0.315. The van der Waals surface area contributed by atoms with Gasteiger partial charge in [-0.15, -0.1) is 0 Å². The summed E-state index contributed by atoms with van der Waals surface area (Å²) in [6, 6.07) is 3.27. The summed E-state index contributed by atoms with van der Waals surface area (Å²) in [5.74, 6) is -0.264. The minimum Gasteiger partial charge on any atom is -0.394 e. The minimum absolute atomic E-state index is 0.0476. The maximum Gasteiger partial charge on any atom is 0.223 e. The van der Waals surface area contributed by atoms with Gasteiger partial charge in [0, 0.05) is 38.1 Å². The fourth-order valence-electron chi connectivity index (χ4n) is 3.33. The molecule has 0 aliphatic carbocycles. The van der Waals surface area contributed by atoms with Crippen molar-refractivity contribution in [3.8, 4) is 0 Å². The highest BCUT2D eigenvalue weighted by atomic mass is 16.5. The van der Waals surface area contributed by atoms with Gasteiger partial charge in [0.25, 0.3) is 0 Å². The van der Waals surface area contributed by atoms with E-state index in [1.165, 1.54) is 0 Å². The van der Waals surface area contributed by atoms with Gasteiger partial charge >= 0.3 is 0 Å².